The minimum Gasteiger partial charge on any atom is -0.398 e. The molecule has 0 atom stereocenters. The molecule has 5 N–H and O–H groups in total. The molecule has 0 radical (unpaired) electrons. The van der Waals surface area contributed by atoms with Crippen molar-refractivity contribution in [2.45, 2.75) is 18.2 Å². The Hall–Kier alpha value is -1.31. The first-order chi connectivity index (χ1) is 8.24. The quantitative estimate of drug-likeness (QED) is 0.680. The van der Waals surface area contributed by atoms with E-state index in [9.17, 15) is 13.2 Å². The van der Waals surface area contributed by atoms with Gasteiger partial charge in [0.15, 0.2) is 0 Å². The number of nitrogens with two attached hydrogens (primary N) is 2. The van der Waals surface area contributed by atoms with E-state index in [0.717, 1.165) is 0 Å². The third-order valence-electron chi connectivity index (χ3n) is 2.33. The molecule has 18 heavy (non-hydrogen) atoms. The Bertz CT molecular complexity index is 549. The van der Waals surface area contributed by atoms with Crippen LogP contribution in [0.3, 0.4) is 0 Å². The molecule has 1 amide bonds. The van der Waals surface area contributed by atoms with Gasteiger partial charge in [-0.25, -0.2) is 13.1 Å². The summed E-state index contributed by atoms with van der Waals surface area (Å²) in [5.41, 5.74) is 11.5. The number of nitrogens with one attached hydrogen (secondary N) is 1. The summed E-state index contributed by atoms with van der Waals surface area (Å²) in [5, 5.41) is 0.269. The van der Waals surface area contributed by atoms with E-state index in [2.05, 4.69) is 4.72 Å². The molecule has 0 aliphatic heterocycles. The fourth-order valence-electron chi connectivity index (χ4n) is 1.22. The number of rotatable bonds is 5. The number of hydrogen-bond acceptors (Lipinski definition) is 4. The van der Waals surface area contributed by atoms with Crippen molar-refractivity contribution in [3.05, 3.63) is 22.7 Å². The van der Waals surface area contributed by atoms with Crippen LogP contribution in [0.5, 0.6) is 0 Å². The molecule has 1 rings (SSSR count). The van der Waals surface area contributed by atoms with Crippen molar-refractivity contribution in [3.8, 4) is 0 Å². The van der Waals surface area contributed by atoms with Gasteiger partial charge in [0.1, 0.15) is 0 Å². The van der Waals surface area contributed by atoms with Crippen LogP contribution in [0.2, 0.25) is 5.02 Å². The Balaban J connectivity index is 2.95. The molecule has 0 spiro atoms. The van der Waals surface area contributed by atoms with E-state index in [1.807, 2.05) is 0 Å². The van der Waals surface area contributed by atoms with Crippen LogP contribution in [0, 0.1) is 6.92 Å². The highest BCUT2D eigenvalue weighted by Gasteiger charge is 2.16. The molecule has 0 bridgehead atoms. The predicted molar refractivity (Wildman–Crippen MR) is 69.6 cm³/mol. The maximum Gasteiger partial charge on any atom is 0.240 e. The van der Waals surface area contributed by atoms with Crippen LogP contribution in [0.15, 0.2) is 17.0 Å². The molecule has 0 heterocycles. The third kappa shape index (κ3) is 3.59. The van der Waals surface area contributed by atoms with Crippen molar-refractivity contribution in [2.75, 3.05) is 12.3 Å². The molecule has 1 aromatic carbocycles. The lowest BCUT2D eigenvalue weighted by atomic mass is 10.2. The highest BCUT2D eigenvalue weighted by molar-refractivity contribution is 7.89. The van der Waals surface area contributed by atoms with Crippen LogP contribution in [-0.2, 0) is 14.8 Å². The Morgan fingerprint density at radius 1 is 1.44 bits per heavy atom. The van der Waals surface area contributed by atoms with E-state index in [4.69, 9.17) is 23.1 Å². The standard InChI is InChI=1S/C10H14ClN3O3S/c1-6-8(11)4-7(5-9(6)12)18(16,17)14-3-2-10(13)15/h4-5,14H,2-3,12H2,1H3,(H2,13,15). The molecule has 8 heteroatoms. The molecular weight excluding hydrogens is 278 g/mol. The maximum atomic E-state index is 11.9. The number of nitrogen functional groups attached to an aromatic ring is 1. The number of benzene rings is 1. The molecule has 0 saturated heterocycles. The molecule has 0 aromatic heterocycles. The summed E-state index contributed by atoms with van der Waals surface area (Å²) in [4.78, 5) is 10.5. The summed E-state index contributed by atoms with van der Waals surface area (Å²) in [6.45, 7) is 1.62. The molecule has 100 valence electrons. The lowest BCUT2D eigenvalue weighted by Gasteiger charge is -2.09. The van der Waals surface area contributed by atoms with Crippen LogP contribution < -0.4 is 16.2 Å². The van der Waals surface area contributed by atoms with Crippen molar-refractivity contribution in [1.29, 1.82) is 0 Å². The van der Waals surface area contributed by atoms with Crippen molar-refractivity contribution < 1.29 is 13.2 Å². The minimum atomic E-state index is -3.74. The fourth-order valence-corrected chi connectivity index (χ4v) is 2.61. The first-order valence-electron chi connectivity index (χ1n) is 5.07. The number of carbonyl (C=O) groups excluding carboxylic acids is 1. The Morgan fingerprint density at radius 3 is 2.56 bits per heavy atom. The average molecular weight is 292 g/mol. The SMILES string of the molecule is Cc1c(N)cc(S(=O)(=O)NCCC(N)=O)cc1Cl. The summed E-state index contributed by atoms with van der Waals surface area (Å²) in [5.74, 6) is -0.584. The second-order valence-corrected chi connectivity index (χ2v) is 5.91. The van der Waals surface area contributed by atoms with Gasteiger partial charge in [-0.15, -0.1) is 0 Å². The van der Waals surface area contributed by atoms with E-state index in [0.29, 0.717) is 5.56 Å². The number of halogens is 1. The maximum absolute atomic E-state index is 11.9. The van der Waals surface area contributed by atoms with Gasteiger partial charge in [-0.1, -0.05) is 11.6 Å². The van der Waals surface area contributed by atoms with E-state index in [1.165, 1.54) is 12.1 Å². The van der Waals surface area contributed by atoms with Crippen molar-refractivity contribution in [3.63, 3.8) is 0 Å². The van der Waals surface area contributed by atoms with Crippen LogP contribution in [0.1, 0.15) is 12.0 Å². The molecule has 0 fully saturated rings. The summed E-state index contributed by atoms with van der Waals surface area (Å²) < 4.78 is 25.9. The first-order valence-corrected chi connectivity index (χ1v) is 6.93. The monoisotopic (exact) mass is 291 g/mol. The molecule has 0 aliphatic carbocycles. The number of sulfonamides is 1. The van der Waals surface area contributed by atoms with Crippen molar-refractivity contribution in [2.24, 2.45) is 5.73 Å². The van der Waals surface area contributed by atoms with Gasteiger partial charge in [-0.05, 0) is 24.6 Å². The highest BCUT2D eigenvalue weighted by Crippen LogP contribution is 2.25. The zero-order valence-electron chi connectivity index (χ0n) is 9.73. The molecule has 1 aromatic rings. The van der Waals surface area contributed by atoms with Gasteiger partial charge in [0.25, 0.3) is 0 Å². The normalized spacial score (nSPS) is 11.4. The summed E-state index contributed by atoms with van der Waals surface area (Å²) in [7, 11) is -3.74. The summed E-state index contributed by atoms with van der Waals surface area (Å²) in [6, 6.07) is 2.62. The van der Waals surface area contributed by atoms with Crippen LogP contribution in [-0.4, -0.2) is 20.9 Å². The van der Waals surface area contributed by atoms with Gasteiger partial charge in [0.05, 0.1) is 4.90 Å². The third-order valence-corrected chi connectivity index (χ3v) is 4.16. The lowest BCUT2D eigenvalue weighted by molar-refractivity contribution is -0.117. The number of anilines is 1. The number of carbonyl (C=O) groups is 1. The fraction of sp³-hybridized carbons (Fsp3) is 0.300. The Labute approximate surface area is 110 Å². The van der Waals surface area contributed by atoms with Crippen LogP contribution >= 0.6 is 11.6 Å². The van der Waals surface area contributed by atoms with Gasteiger partial charge in [-0.2, -0.15) is 0 Å². The average Bonchev–Trinajstić information content (AvgIpc) is 2.24. The highest BCUT2D eigenvalue weighted by atomic mass is 35.5. The molecule has 0 aliphatic rings. The van der Waals surface area contributed by atoms with Gasteiger partial charge >= 0.3 is 0 Å². The van der Waals surface area contributed by atoms with E-state index < -0.39 is 15.9 Å². The lowest BCUT2D eigenvalue weighted by Crippen LogP contribution is -2.28. The Kier molecular flexibility index (Phi) is 4.55. The number of primary amides is 1. The summed E-state index contributed by atoms with van der Waals surface area (Å²) >= 11 is 5.86. The largest absolute Gasteiger partial charge is 0.398 e. The number of hydrogen-bond donors (Lipinski definition) is 3. The van der Waals surface area contributed by atoms with Crippen molar-refractivity contribution >= 4 is 33.2 Å². The summed E-state index contributed by atoms with van der Waals surface area (Å²) in [6.07, 6.45) is -0.0751. The van der Waals surface area contributed by atoms with Gasteiger partial charge in [0.2, 0.25) is 15.9 Å². The first kappa shape index (κ1) is 14.7. The van der Waals surface area contributed by atoms with Crippen LogP contribution in [0.4, 0.5) is 5.69 Å². The smallest absolute Gasteiger partial charge is 0.240 e. The second-order valence-electron chi connectivity index (χ2n) is 3.73. The molecule has 0 saturated carbocycles. The topological polar surface area (TPSA) is 115 Å². The molecule has 0 unspecified atom stereocenters. The Morgan fingerprint density at radius 2 is 2.06 bits per heavy atom. The molecular formula is C10H14ClN3O3S. The van der Waals surface area contributed by atoms with E-state index >= 15 is 0 Å². The van der Waals surface area contributed by atoms with Gasteiger partial charge in [-0.3, -0.25) is 4.79 Å². The predicted octanol–water partition coefficient (Wildman–Crippen LogP) is 0.384. The van der Waals surface area contributed by atoms with Gasteiger partial charge in [0, 0.05) is 23.7 Å². The van der Waals surface area contributed by atoms with E-state index in [-0.39, 0.29) is 28.6 Å². The molecule has 6 nitrogen and oxygen atoms in total. The minimum absolute atomic E-state index is 0.0416. The van der Waals surface area contributed by atoms with Gasteiger partial charge < -0.3 is 11.5 Å². The van der Waals surface area contributed by atoms with Crippen LogP contribution in [0.25, 0.3) is 0 Å². The van der Waals surface area contributed by atoms with Crippen molar-refractivity contribution in [1.82, 2.24) is 4.72 Å². The van der Waals surface area contributed by atoms with E-state index in [1.54, 1.807) is 6.92 Å². The zero-order chi connectivity index (χ0) is 13.9. The number of amides is 1. The second kappa shape index (κ2) is 5.55. The zero-order valence-corrected chi connectivity index (χ0v) is 11.3.